The summed E-state index contributed by atoms with van der Waals surface area (Å²) in [6.45, 7) is 1.95. The standard InChI is InChI=1S/C10H7BrI2O2/c1-6-3-2-4-7(5-6)15-10(14)8(12)9(11)13/h2-5H,1H3. The summed E-state index contributed by atoms with van der Waals surface area (Å²) in [5, 5.41) is 0. The van der Waals surface area contributed by atoms with Gasteiger partial charge in [-0.15, -0.1) is 0 Å². The minimum atomic E-state index is -0.345. The first-order valence-corrected chi connectivity index (χ1v) is 6.95. The third-order valence-corrected chi connectivity index (χ3v) is 5.23. The van der Waals surface area contributed by atoms with Gasteiger partial charge in [-0.1, -0.05) is 12.1 Å². The van der Waals surface area contributed by atoms with Crippen molar-refractivity contribution in [2.24, 2.45) is 0 Å². The molecule has 0 bridgehead atoms. The Balaban J connectivity index is 2.80. The van der Waals surface area contributed by atoms with Crippen LogP contribution in [0, 0.1) is 6.92 Å². The van der Waals surface area contributed by atoms with Crippen molar-refractivity contribution in [1.29, 1.82) is 0 Å². The third kappa shape index (κ3) is 4.39. The van der Waals surface area contributed by atoms with E-state index in [4.69, 9.17) is 4.74 Å². The summed E-state index contributed by atoms with van der Waals surface area (Å²) < 4.78 is 6.46. The van der Waals surface area contributed by atoms with Crippen LogP contribution in [0.25, 0.3) is 0 Å². The van der Waals surface area contributed by atoms with Crippen LogP contribution in [0.1, 0.15) is 5.56 Å². The van der Waals surface area contributed by atoms with Gasteiger partial charge in [-0.2, -0.15) is 0 Å². The van der Waals surface area contributed by atoms with Crippen molar-refractivity contribution in [3.05, 3.63) is 35.9 Å². The van der Waals surface area contributed by atoms with Gasteiger partial charge in [0.15, 0.2) is 0 Å². The minimum absolute atomic E-state index is 0.345. The average Bonchev–Trinajstić information content (AvgIpc) is 2.16. The van der Waals surface area contributed by atoms with E-state index >= 15 is 0 Å². The fourth-order valence-electron chi connectivity index (χ4n) is 0.908. The maximum Gasteiger partial charge on any atom is 0.351 e. The van der Waals surface area contributed by atoms with Crippen molar-refractivity contribution in [2.45, 2.75) is 6.92 Å². The van der Waals surface area contributed by atoms with E-state index in [1.807, 2.05) is 70.3 Å². The molecule has 0 amide bonds. The molecule has 0 aliphatic heterocycles. The minimum Gasteiger partial charge on any atom is -0.423 e. The molecule has 0 heterocycles. The van der Waals surface area contributed by atoms with Gasteiger partial charge in [0.1, 0.15) is 9.33 Å². The van der Waals surface area contributed by atoms with Gasteiger partial charge in [0.05, 0.1) is 2.49 Å². The van der Waals surface area contributed by atoms with Gasteiger partial charge in [0.2, 0.25) is 0 Å². The van der Waals surface area contributed by atoms with Gasteiger partial charge in [-0.05, 0) is 85.7 Å². The van der Waals surface area contributed by atoms with Crippen LogP contribution in [0.2, 0.25) is 0 Å². The van der Waals surface area contributed by atoms with E-state index in [9.17, 15) is 4.79 Å². The van der Waals surface area contributed by atoms with Crippen molar-refractivity contribution in [1.82, 2.24) is 0 Å². The molecule has 1 rings (SSSR count). The fourth-order valence-corrected chi connectivity index (χ4v) is 1.40. The van der Waals surface area contributed by atoms with E-state index in [1.165, 1.54) is 0 Å². The summed E-state index contributed by atoms with van der Waals surface area (Å²) >= 11 is 7.19. The van der Waals surface area contributed by atoms with Gasteiger partial charge in [-0.3, -0.25) is 0 Å². The molecule has 0 saturated heterocycles. The van der Waals surface area contributed by atoms with Crippen LogP contribution >= 0.6 is 61.1 Å². The Morgan fingerprint density at radius 1 is 1.40 bits per heavy atom. The molecule has 80 valence electrons. The molecule has 0 saturated carbocycles. The Kier molecular flexibility index (Phi) is 5.54. The van der Waals surface area contributed by atoms with Crippen LogP contribution < -0.4 is 4.74 Å². The number of halogens is 3. The molecule has 1 aromatic rings. The molecule has 15 heavy (non-hydrogen) atoms. The van der Waals surface area contributed by atoms with Crippen LogP contribution in [-0.4, -0.2) is 5.97 Å². The fraction of sp³-hybridized carbons (Fsp3) is 0.100. The lowest BCUT2D eigenvalue weighted by Crippen LogP contribution is -2.07. The molecular weight excluding hydrogens is 486 g/mol. The maximum atomic E-state index is 11.5. The van der Waals surface area contributed by atoms with Crippen LogP contribution in [0.15, 0.2) is 30.3 Å². The first-order chi connectivity index (χ1) is 7.00. The number of rotatable bonds is 2. The van der Waals surface area contributed by atoms with Crippen LogP contribution in [-0.2, 0) is 4.79 Å². The number of esters is 1. The molecule has 0 atom stereocenters. The zero-order valence-electron chi connectivity index (χ0n) is 7.76. The zero-order chi connectivity index (χ0) is 11.4. The second-order valence-corrected chi connectivity index (χ2v) is 7.21. The van der Waals surface area contributed by atoms with Gasteiger partial charge in [0.25, 0.3) is 0 Å². The smallest absolute Gasteiger partial charge is 0.351 e. The van der Waals surface area contributed by atoms with E-state index in [0.717, 1.165) is 8.05 Å². The molecule has 0 N–H and O–H groups in total. The van der Waals surface area contributed by atoms with Crippen molar-refractivity contribution < 1.29 is 9.53 Å². The van der Waals surface area contributed by atoms with Gasteiger partial charge < -0.3 is 4.74 Å². The molecule has 0 unspecified atom stereocenters. The van der Waals surface area contributed by atoms with E-state index in [2.05, 4.69) is 15.9 Å². The number of benzene rings is 1. The average molecular weight is 493 g/mol. The van der Waals surface area contributed by atoms with Crippen molar-refractivity contribution in [3.8, 4) is 5.75 Å². The first-order valence-electron chi connectivity index (χ1n) is 4.00. The molecule has 1 aromatic carbocycles. The largest absolute Gasteiger partial charge is 0.423 e. The van der Waals surface area contributed by atoms with E-state index in [0.29, 0.717) is 9.33 Å². The van der Waals surface area contributed by atoms with Crippen LogP contribution in [0.5, 0.6) is 5.75 Å². The van der Waals surface area contributed by atoms with Crippen LogP contribution in [0.3, 0.4) is 0 Å². The second kappa shape index (κ2) is 6.19. The highest BCUT2D eigenvalue weighted by atomic mass is 127. The summed E-state index contributed by atoms with van der Waals surface area (Å²) in [6, 6.07) is 7.39. The first kappa shape index (κ1) is 13.4. The van der Waals surface area contributed by atoms with Gasteiger partial charge in [0, 0.05) is 0 Å². The number of ether oxygens (including phenoxy) is 1. The number of carbonyl (C=O) groups is 1. The molecule has 0 spiro atoms. The summed E-state index contributed by atoms with van der Waals surface area (Å²) in [4.78, 5) is 11.5. The topological polar surface area (TPSA) is 26.3 Å². The molecule has 0 aliphatic rings. The lowest BCUT2D eigenvalue weighted by molar-refractivity contribution is -0.129. The number of aryl methyl sites for hydroxylation is 1. The summed E-state index contributed by atoms with van der Waals surface area (Å²) in [5.41, 5.74) is 1.06. The van der Waals surface area contributed by atoms with Crippen LogP contribution in [0.4, 0.5) is 0 Å². The van der Waals surface area contributed by atoms with Crippen molar-refractivity contribution in [2.75, 3.05) is 0 Å². The quantitative estimate of drug-likeness (QED) is 0.266. The molecule has 0 radical (unpaired) electrons. The lowest BCUT2D eigenvalue weighted by Gasteiger charge is -2.04. The number of carbonyl (C=O) groups excluding carboxylic acids is 1. The normalized spacial score (nSPS) is 12.0. The Morgan fingerprint density at radius 2 is 2.07 bits per heavy atom. The molecular formula is C10H7BrI2O2. The Labute approximate surface area is 124 Å². The van der Waals surface area contributed by atoms with Crippen molar-refractivity contribution in [3.63, 3.8) is 0 Å². The summed E-state index contributed by atoms with van der Waals surface area (Å²) in [7, 11) is 0. The Bertz CT molecular complexity index is 412. The predicted molar refractivity (Wildman–Crippen MR) is 80.8 cm³/mol. The molecule has 5 heteroatoms. The van der Waals surface area contributed by atoms with E-state index in [-0.39, 0.29) is 5.97 Å². The SMILES string of the molecule is Cc1cccc(OC(=O)C(I)=C(Br)I)c1. The Morgan fingerprint density at radius 3 is 2.60 bits per heavy atom. The lowest BCUT2D eigenvalue weighted by atomic mass is 10.2. The van der Waals surface area contributed by atoms with Crippen molar-refractivity contribution >= 4 is 67.1 Å². The number of hydrogen-bond acceptors (Lipinski definition) is 2. The summed E-state index contributed by atoms with van der Waals surface area (Å²) in [5.74, 6) is 0.224. The monoisotopic (exact) mass is 492 g/mol. The second-order valence-electron chi connectivity index (χ2n) is 2.78. The molecule has 2 nitrogen and oxygen atoms in total. The molecule has 0 aliphatic carbocycles. The highest BCUT2D eigenvalue weighted by Crippen LogP contribution is 2.26. The highest BCUT2D eigenvalue weighted by molar-refractivity contribution is 14.1. The maximum absolute atomic E-state index is 11.5. The highest BCUT2D eigenvalue weighted by Gasteiger charge is 2.11. The molecule has 0 aromatic heterocycles. The predicted octanol–water partition coefficient (Wildman–Crippen LogP) is 4.33. The Hall–Kier alpha value is 0.370. The van der Waals surface area contributed by atoms with Gasteiger partial charge in [-0.25, -0.2) is 4.79 Å². The van der Waals surface area contributed by atoms with Gasteiger partial charge >= 0.3 is 5.97 Å². The van der Waals surface area contributed by atoms with E-state index in [1.54, 1.807) is 6.07 Å². The third-order valence-electron chi connectivity index (χ3n) is 1.55. The zero-order valence-corrected chi connectivity index (χ0v) is 13.7. The summed E-state index contributed by atoms with van der Waals surface area (Å²) in [6.07, 6.45) is 0. The molecule has 0 fully saturated rings. The number of hydrogen-bond donors (Lipinski definition) is 0. The van der Waals surface area contributed by atoms with E-state index < -0.39 is 0 Å².